The van der Waals surface area contributed by atoms with Crippen LogP contribution in [0.1, 0.15) is 36.0 Å². The highest BCUT2D eigenvalue weighted by molar-refractivity contribution is 5.37. The molecule has 0 unspecified atom stereocenters. The van der Waals surface area contributed by atoms with Gasteiger partial charge in [-0.1, -0.05) is 41.7 Å². The summed E-state index contributed by atoms with van der Waals surface area (Å²) in [7, 11) is 0. The van der Waals surface area contributed by atoms with Crippen LogP contribution in [0.5, 0.6) is 0 Å². The number of nitrogens with two attached hydrogens (primary N) is 1. The summed E-state index contributed by atoms with van der Waals surface area (Å²) in [5, 5.41) is 10.9. The minimum absolute atomic E-state index is 0.514. The van der Waals surface area contributed by atoms with Gasteiger partial charge < -0.3 is 15.7 Å². The molecule has 0 saturated carbocycles. The molecule has 1 aliphatic heterocycles. The lowest BCUT2D eigenvalue weighted by atomic mass is 9.84. The van der Waals surface area contributed by atoms with Crippen LogP contribution in [0.25, 0.3) is 0 Å². The average molecular weight is 335 g/mol. The Morgan fingerprint density at radius 1 is 1.16 bits per heavy atom. The number of rotatable bonds is 3. The van der Waals surface area contributed by atoms with Crippen LogP contribution in [0.15, 0.2) is 42.6 Å². The number of pyridine rings is 1. The third kappa shape index (κ3) is 4.60. The topological polar surface area (TPSA) is 62.4 Å². The monoisotopic (exact) mass is 335 g/mol. The van der Waals surface area contributed by atoms with Crippen molar-refractivity contribution < 1.29 is 5.11 Å². The normalized spacial score (nSPS) is 16.9. The Morgan fingerprint density at radius 3 is 2.52 bits per heavy atom. The van der Waals surface area contributed by atoms with Crippen LogP contribution in [0.3, 0.4) is 0 Å². The van der Waals surface area contributed by atoms with E-state index in [1.807, 2.05) is 6.07 Å². The van der Waals surface area contributed by atoms with Crippen molar-refractivity contribution in [1.29, 1.82) is 0 Å². The Labute approximate surface area is 149 Å². The molecule has 1 aliphatic rings. The van der Waals surface area contributed by atoms with Gasteiger partial charge in [0.05, 0.1) is 5.60 Å². The number of benzene rings is 1. The number of aryl methyl sites for hydroxylation is 1. The molecule has 0 bridgehead atoms. The third-order valence-corrected chi connectivity index (χ3v) is 4.84. The number of hydrogen-bond donors (Lipinski definition) is 2. The maximum atomic E-state index is 10.9. The molecule has 0 amide bonds. The molecule has 2 heterocycles. The van der Waals surface area contributed by atoms with Gasteiger partial charge in [-0.25, -0.2) is 4.98 Å². The number of hydrogen-bond acceptors (Lipinski definition) is 4. The fourth-order valence-corrected chi connectivity index (χ4v) is 3.16. The Balaban J connectivity index is 1.48. The number of piperidine rings is 1. The van der Waals surface area contributed by atoms with Gasteiger partial charge in [0.2, 0.25) is 0 Å². The molecule has 4 nitrogen and oxygen atoms in total. The number of anilines is 1. The molecule has 1 fully saturated rings. The van der Waals surface area contributed by atoms with E-state index in [9.17, 15) is 5.11 Å². The lowest BCUT2D eigenvalue weighted by Gasteiger charge is -2.38. The highest BCUT2D eigenvalue weighted by Gasteiger charge is 2.33. The van der Waals surface area contributed by atoms with E-state index in [-0.39, 0.29) is 0 Å². The van der Waals surface area contributed by atoms with Gasteiger partial charge in [0.25, 0.3) is 0 Å². The first-order valence-corrected chi connectivity index (χ1v) is 8.77. The molecule has 3 N–H and O–H groups in total. The van der Waals surface area contributed by atoms with Gasteiger partial charge >= 0.3 is 0 Å². The predicted octanol–water partition coefficient (Wildman–Crippen LogP) is 2.70. The minimum Gasteiger partial charge on any atom is -0.385 e. The lowest BCUT2D eigenvalue weighted by molar-refractivity contribution is -0.0253. The summed E-state index contributed by atoms with van der Waals surface area (Å²) in [4.78, 5) is 6.41. The van der Waals surface area contributed by atoms with Crippen LogP contribution in [-0.4, -0.2) is 34.6 Å². The van der Waals surface area contributed by atoms with E-state index in [0.717, 1.165) is 50.0 Å². The van der Waals surface area contributed by atoms with Crippen molar-refractivity contribution in [3.05, 3.63) is 59.3 Å². The van der Waals surface area contributed by atoms with Gasteiger partial charge in [-0.15, -0.1) is 0 Å². The lowest BCUT2D eigenvalue weighted by Crippen LogP contribution is -2.42. The zero-order chi connectivity index (χ0) is 17.7. The standard InChI is InChI=1S/C21H25N3O/c1-17-5-8-19(9-6-17)21(25)11-14-24(15-12-21)13-3-2-4-18-7-10-20(22)23-16-18/h5-10,16,25H,3,11-15H2,1H3,(H2,22,23). The van der Waals surface area contributed by atoms with E-state index >= 15 is 0 Å². The van der Waals surface area contributed by atoms with E-state index < -0.39 is 5.60 Å². The Morgan fingerprint density at radius 2 is 1.88 bits per heavy atom. The summed E-state index contributed by atoms with van der Waals surface area (Å²) in [6, 6.07) is 11.9. The molecule has 3 rings (SSSR count). The maximum absolute atomic E-state index is 10.9. The quantitative estimate of drug-likeness (QED) is 0.847. The maximum Gasteiger partial charge on any atom is 0.123 e. The fourth-order valence-electron chi connectivity index (χ4n) is 3.16. The largest absolute Gasteiger partial charge is 0.385 e. The van der Waals surface area contributed by atoms with Crippen LogP contribution in [0.4, 0.5) is 5.82 Å². The molecule has 1 aromatic carbocycles. The van der Waals surface area contributed by atoms with E-state index in [1.165, 1.54) is 5.56 Å². The van der Waals surface area contributed by atoms with Crippen molar-refractivity contribution in [2.75, 3.05) is 25.4 Å². The Kier molecular flexibility index (Phi) is 5.37. The molecule has 0 atom stereocenters. The predicted molar refractivity (Wildman–Crippen MR) is 101 cm³/mol. The van der Waals surface area contributed by atoms with Crippen LogP contribution >= 0.6 is 0 Å². The molecule has 1 saturated heterocycles. The van der Waals surface area contributed by atoms with Gasteiger partial charge in [-0.3, -0.25) is 0 Å². The fraction of sp³-hybridized carbons (Fsp3) is 0.381. The number of nitrogens with zero attached hydrogens (tertiary/aromatic N) is 2. The molecule has 0 aliphatic carbocycles. The molecular weight excluding hydrogens is 310 g/mol. The van der Waals surface area contributed by atoms with Gasteiger partial charge in [0.15, 0.2) is 0 Å². The van der Waals surface area contributed by atoms with Gasteiger partial charge in [-0.05, 0) is 37.5 Å². The van der Waals surface area contributed by atoms with Gasteiger partial charge in [0, 0.05) is 37.8 Å². The zero-order valence-electron chi connectivity index (χ0n) is 14.7. The summed E-state index contributed by atoms with van der Waals surface area (Å²) >= 11 is 0. The number of likely N-dealkylation sites (tertiary alicyclic amines) is 1. The molecule has 2 aromatic rings. The second kappa shape index (κ2) is 7.69. The van der Waals surface area contributed by atoms with Crippen molar-refractivity contribution in [3.63, 3.8) is 0 Å². The first-order valence-electron chi connectivity index (χ1n) is 8.77. The van der Waals surface area contributed by atoms with Crippen LogP contribution in [0, 0.1) is 18.8 Å². The molecule has 0 spiro atoms. The molecular formula is C21H25N3O. The highest BCUT2D eigenvalue weighted by Crippen LogP contribution is 2.32. The van der Waals surface area contributed by atoms with Crippen molar-refractivity contribution in [3.8, 4) is 11.8 Å². The molecule has 130 valence electrons. The average Bonchev–Trinajstić information content (AvgIpc) is 2.62. The number of aliphatic hydroxyl groups is 1. The van der Waals surface area contributed by atoms with Crippen LogP contribution in [0.2, 0.25) is 0 Å². The van der Waals surface area contributed by atoms with E-state index in [4.69, 9.17) is 5.73 Å². The second-order valence-electron chi connectivity index (χ2n) is 6.76. The van der Waals surface area contributed by atoms with Gasteiger partial charge in [0.1, 0.15) is 5.82 Å². The number of nitrogen functional groups attached to an aromatic ring is 1. The molecule has 0 radical (unpaired) electrons. The molecule has 25 heavy (non-hydrogen) atoms. The SMILES string of the molecule is Cc1ccc(C2(O)CCN(CCC#Cc3ccc(N)nc3)CC2)cc1. The van der Waals surface area contributed by atoms with Crippen molar-refractivity contribution in [2.45, 2.75) is 31.8 Å². The Hall–Kier alpha value is -2.35. The Bertz CT molecular complexity index is 748. The molecule has 1 aromatic heterocycles. The van der Waals surface area contributed by atoms with Crippen molar-refractivity contribution >= 4 is 5.82 Å². The van der Waals surface area contributed by atoms with Crippen LogP contribution < -0.4 is 5.73 Å². The van der Waals surface area contributed by atoms with Crippen molar-refractivity contribution in [1.82, 2.24) is 9.88 Å². The summed E-state index contributed by atoms with van der Waals surface area (Å²) in [5.74, 6) is 6.82. The first-order chi connectivity index (χ1) is 12.0. The summed E-state index contributed by atoms with van der Waals surface area (Å²) in [6.45, 7) is 4.79. The van der Waals surface area contributed by atoms with Crippen molar-refractivity contribution in [2.24, 2.45) is 0 Å². The van der Waals surface area contributed by atoms with Crippen LogP contribution in [-0.2, 0) is 5.60 Å². The summed E-state index contributed by atoms with van der Waals surface area (Å²) < 4.78 is 0. The number of aromatic nitrogens is 1. The smallest absolute Gasteiger partial charge is 0.123 e. The first kappa shape index (κ1) is 17.5. The zero-order valence-corrected chi connectivity index (χ0v) is 14.7. The third-order valence-electron chi connectivity index (χ3n) is 4.84. The summed E-state index contributed by atoms with van der Waals surface area (Å²) in [5.41, 5.74) is 8.02. The van der Waals surface area contributed by atoms with E-state index in [0.29, 0.717) is 5.82 Å². The van der Waals surface area contributed by atoms with E-state index in [1.54, 1.807) is 12.3 Å². The second-order valence-corrected chi connectivity index (χ2v) is 6.76. The highest BCUT2D eigenvalue weighted by atomic mass is 16.3. The summed E-state index contributed by atoms with van der Waals surface area (Å²) in [6.07, 6.45) is 4.05. The van der Waals surface area contributed by atoms with Gasteiger partial charge in [-0.2, -0.15) is 0 Å². The minimum atomic E-state index is -0.689. The van der Waals surface area contributed by atoms with E-state index in [2.05, 4.69) is 52.9 Å². The molecule has 4 heteroatoms.